The molecule has 1 fully saturated rings. The number of hydrogen-bond acceptors (Lipinski definition) is 5. The molecule has 0 saturated carbocycles. The Morgan fingerprint density at radius 1 is 0.805 bits per heavy atom. The number of nitrogens with zero attached hydrogens (tertiary/aromatic N) is 1. The van der Waals surface area contributed by atoms with Crippen LogP contribution in [0.3, 0.4) is 0 Å². The molecule has 216 valence electrons. The molecule has 5 N–H and O–H groups in total. The van der Waals surface area contributed by atoms with Crippen molar-refractivity contribution in [1.82, 2.24) is 31.2 Å². The van der Waals surface area contributed by atoms with Crippen LogP contribution in [0.15, 0.2) is 60.8 Å². The number of benzene rings is 2. The highest BCUT2D eigenvalue weighted by Crippen LogP contribution is 2.19. The zero-order valence-corrected chi connectivity index (χ0v) is 23.4. The second-order valence-electron chi connectivity index (χ2n) is 10.3. The molecular weight excluding hydrogens is 524 g/mol. The van der Waals surface area contributed by atoms with Gasteiger partial charge in [0.15, 0.2) is 0 Å². The first-order valence-electron chi connectivity index (χ1n) is 13.7. The highest BCUT2D eigenvalue weighted by molar-refractivity contribution is 5.96. The van der Waals surface area contributed by atoms with Crippen LogP contribution in [-0.2, 0) is 36.8 Å². The maximum absolute atomic E-state index is 13.5. The summed E-state index contributed by atoms with van der Waals surface area (Å²) in [5.74, 6) is -2.42. The molecule has 0 aliphatic carbocycles. The average molecular weight is 561 g/mol. The van der Waals surface area contributed by atoms with E-state index in [2.05, 4.69) is 26.3 Å². The Kier molecular flexibility index (Phi) is 9.38. The molecule has 11 nitrogen and oxygen atoms in total. The SMILES string of the molecule is CC(=O)N1CCNC(=O)[C@H](Cc2ccccc2)NC(=O)[C@H](C)NC(=O)[C@@H](Cc2c[nH]c3ccccc23)NC(=O)[C@H]1C. The summed E-state index contributed by atoms with van der Waals surface area (Å²) >= 11 is 0. The first kappa shape index (κ1) is 29.3. The third-order valence-corrected chi connectivity index (χ3v) is 7.30. The molecule has 5 amide bonds. The minimum Gasteiger partial charge on any atom is -0.361 e. The second kappa shape index (κ2) is 13.1. The van der Waals surface area contributed by atoms with Gasteiger partial charge < -0.3 is 31.2 Å². The number of para-hydroxylation sites is 1. The first-order chi connectivity index (χ1) is 19.6. The van der Waals surface area contributed by atoms with Gasteiger partial charge >= 0.3 is 0 Å². The fraction of sp³-hybridized carbons (Fsp3) is 0.367. The number of nitrogens with one attached hydrogen (secondary N) is 5. The number of fused-ring (bicyclic) bond motifs is 1. The van der Waals surface area contributed by atoms with Gasteiger partial charge in [-0.1, -0.05) is 48.5 Å². The number of aromatic amines is 1. The fourth-order valence-electron chi connectivity index (χ4n) is 4.95. The summed E-state index contributed by atoms with van der Waals surface area (Å²) in [6, 6.07) is 13.0. The number of aromatic nitrogens is 1. The number of amides is 5. The largest absolute Gasteiger partial charge is 0.361 e. The second-order valence-corrected chi connectivity index (χ2v) is 10.3. The molecule has 0 spiro atoms. The number of carbonyl (C=O) groups excluding carboxylic acids is 5. The monoisotopic (exact) mass is 560 g/mol. The van der Waals surface area contributed by atoms with Crippen molar-refractivity contribution < 1.29 is 24.0 Å². The summed E-state index contributed by atoms with van der Waals surface area (Å²) in [6.45, 7) is 4.58. The summed E-state index contributed by atoms with van der Waals surface area (Å²) < 4.78 is 0. The van der Waals surface area contributed by atoms with Gasteiger partial charge in [-0.05, 0) is 31.0 Å². The van der Waals surface area contributed by atoms with Gasteiger partial charge in [-0.25, -0.2) is 0 Å². The number of carbonyl (C=O) groups is 5. The van der Waals surface area contributed by atoms with Crippen molar-refractivity contribution in [3.63, 3.8) is 0 Å². The van der Waals surface area contributed by atoms with E-state index in [4.69, 9.17) is 0 Å². The highest BCUT2D eigenvalue weighted by atomic mass is 16.2. The molecule has 2 aromatic carbocycles. The zero-order chi connectivity index (χ0) is 29.5. The summed E-state index contributed by atoms with van der Waals surface area (Å²) in [6.07, 6.45) is 2.17. The predicted octanol–water partition coefficient (Wildman–Crippen LogP) is 0.794. The molecule has 2 heterocycles. The van der Waals surface area contributed by atoms with Gasteiger partial charge in [0.25, 0.3) is 0 Å². The van der Waals surface area contributed by atoms with Crippen molar-refractivity contribution in [2.75, 3.05) is 13.1 Å². The van der Waals surface area contributed by atoms with Crippen molar-refractivity contribution in [3.8, 4) is 0 Å². The van der Waals surface area contributed by atoms with E-state index >= 15 is 0 Å². The van der Waals surface area contributed by atoms with Crippen molar-refractivity contribution in [2.45, 2.75) is 57.8 Å². The molecule has 1 aromatic heterocycles. The molecule has 0 radical (unpaired) electrons. The van der Waals surface area contributed by atoms with E-state index in [0.29, 0.717) is 0 Å². The van der Waals surface area contributed by atoms with Crippen LogP contribution in [0.5, 0.6) is 0 Å². The molecule has 0 bridgehead atoms. The smallest absolute Gasteiger partial charge is 0.243 e. The lowest BCUT2D eigenvalue weighted by Gasteiger charge is -2.29. The van der Waals surface area contributed by atoms with Gasteiger partial charge in [-0.15, -0.1) is 0 Å². The van der Waals surface area contributed by atoms with E-state index in [9.17, 15) is 24.0 Å². The normalized spacial score (nSPS) is 23.0. The molecule has 4 rings (SSSR count). The summed E-state index contributed by atoms with van der Waals surface area (Å²) in [5.41, 5.74) is 2.54. The molecule has 41 heavy (non-hydrogen) atoms. The Labute approximate surface area is 238 Å². The molecule has 1 aliphatic heterocycles. The Hall–Kier alpha value is -4.67. The molecule has 3 aromatic rings. The Balaban J connectivity index is 1.62. The zero-order valence-electron chi connectivity index (χ0n) is 23.4. The average Bonchev–Trinajstić information content (AvgIpc) is 3.36. The van der Waals surface area contributed by atoms with Crippen molar-refractivity contribution in [3.05, 3.63) is 71.9 Å². The Morgan fingerprint density at radius 3 is 2.20 bits per heavy atom. The van der Waals surface area contributed by atoms with E-state index in [1.165, 1.54) is 18.7 Å². The van der Waals surface area contributed by atoms with E-state index in [0.717, 1.165) is 22.0 Å². The van der Waals surface area contributed by atoms with Gasteiger partial charge in [-0.3, -0.25) is 24.0 Å². The lowest BCUT2D eigenvalue weighted by molar-refractivity contribution is -0.139. The van der Waals surface area contributed by atoms with E-state index < -0.39 is 47.8 Å². The van der Waals surface area contributed by atoms with E-state index in [1.807, 2.05) is 54.6 Å². The van der Waals surface area contributed by atoms with Crippen LogP contribution in [0, 0.1) is 0 Å². The van der Waals surface area contributed by atoms with Crippen LogP contribution in [-0.4, -0.2) is 76.7 Å². The van der Waals surface area contributed by atoms with Crippen molar-refractivity contribution >= 4 is 40.4 Å². The van der Waals surface area contributed by atoms with Gasteiger partial charge in [0.05, 0.1) is 0 Å². The first-order valence-corrected chi connectivity index (χ1v) is 13.7. The third-order valence-electron chi connectivity index (χ3n) is 7.30. The lowest BCUT2D eigenvalue weighted by Crippen LogP contribution is -2.57. The number of H-pyrrole nitrogens is 1. The highest BCUT2D eigenvalue weighted by Gasteiger charge is 2.32. The quantitative estimate of drug-likeness (QED) is 0.320. The van der Waals surface area contributed by atoms with E-state index in [1.54, 1.807) is 13.1 Å². The van der Waals surface area contributed by atoms with Crippen molar-refractivity contribution in [1.29, 1.82) is 0 Å². The van der Waals surface area contributed by atoms with Gasteiger partial charge in [-0.2, -0.15) is 0 Å². The standard InChI is InChI=1S/C30H36N6O5/c1-18-27(38)34-25(15-21-9-5-4-6-10-21)29(40)31-13-14-36(20(3)37)19(2)28(39)35-26(30(41)33-18)16-22-17-32-24-12-8-7-11-23(22)24/h4-12,17-19,25-26,32H,13-16H2,1-3H3,(H,31,40)(H,33,41)(H,34,38)(H,35,39)/t18-,19+,25-,26+/m0/s1. The number of hydrogen-bond donors (Lipinski definition) is 5. The van der Waals surface area contributed by atoms with Crippen LogP contribution in [0.1, 0.15) is 31.9 Å². The van der Waals surface area contributed by atoms with Crippen LogP contribution >= 0.6 is 0 Å². The molecule has 11 heteroatoms. The summed E-state index contributed by atoms with van der Waals surface area (Å²) in [7, 11) is 0. The lowest BCUT2D eigenvalue weighted by atomic mass is 10.0. The predicted molar refractivity (Wildman–Crippen MR) is 153 cm³/mol. The summed E-state index contributed by atoms with van der Waals surface area (Å²) in [4.78, 5) is 70.1. The number of rotatable bonds is 4. The van der Waals surface area contributed by atoms with Gasteiger partial charge in [0.2, 0.25) is 29.5 Å². The molecule has 1 saturated heterocycles. The van der Waals surface area contributed by atoms with Crippen molar-refractivity contribution in [2.24, 2.45) is 0 Å². The Morgan fingerprint density at radius 2 is 1.46 bits per heavy atom. The topological polar surface area (TPSA) is 152 Å². The molecular formula is C30H36N6O5. The minimum absolute atomic E-state index is 0.0668. The van der Waals surface area contributed by atoms with Crippen LogP contribution in [0.2, 0.25) is 0 Å². The summed E-state index contributed by atoms with van der Waals surface area (Å²) in [5, 5.41) is 11.9. The third kappa shape index (κ3) is 7.30. The van der Waals surface area contributed by atoms with Crippen LogP contribution in [0.4, 0.5) is 0 Å². The van der Waals surface area contributed by atoms with Crippen LogP contribution in [0.25, 0.3) is 10.9 Å². The van der Waals surface area contributed by atoms with Gasteiger partial charge in [0.1, 0.15) is 24.2 Å². The minimum atomic E-state index is -1.03. The Bertz CT molecular complexity index is 1420. The van der Waals surface area contributed by atoms with Crippen LogP contribution < -0.4 is 21.3 Å². The maximum Gasteiger partial charge on any atom is 0.243 e. The molecule has 0 unspecified atom stereocenters. The van der Waals surface area contributed by atoms with E-state index in [-0.39, 0.29) is 31.8 Å². The fourth-order valence-corrected chi connectivity index (χ4v) is 4.95. The molecule has 4 atom stereocenters. The maximum atomic E-state index is 13.5. The molecule has 1 aliphatic rings. The van der Waals surface area contributed by atoms with Gasteiger partial charge in [0, 0.05) is 50.0 Å².